The van der Waals surface area contributed by atoms with E-state index in [9.17, 15) is 14.0 Å². The van der Waals surface area contributed by atoms with E-state index in [4.69, 9.17) is 15.2 Å². The Hall–Kier alpha value is -3.76. The standard InChI is InChI=1S/C20H19FN4S.C4H4O4/c1-24-8-10-25(11-9-24)19-18-14-4-2-3-5-17(14)26-20(18)23-16-12-13(21)6-7-15(16)22-19;5-3(6)1-2-4(7)8/h2-7,12,23H,8-11H2,1H3;1-2H,(H,5,6)(H,7,8)/b;2-1-. The number of hydrogen-bond donors (Lipinski definition) is 3. The number of halogens is 1. The average molecular weight is 483 g/mol. The molecular weight excluding hydrogens is 459 g/mol. The van der Waals surface area contributed by atoms with Crippen molar-refractivity contribution in [1.82, 2.24) is 9.80 Å². The van der Waals surface area contributed by atoms with Crippen LogP contribution in [0, 0.1) is 5.82 Å². The van der Waals surface area contributed by atoms with Gasteiger partial charge in [0.1, 0.15) is 16.7 Å². The van der Waals surface area contributed by atoms with Gasteiger partial charge in [0, 0.05) is 48.4 Å². The predicted molar refractivity (Wildman–Crippen MR) is 131 cm³/mol. The van der Waals surface area contributed by atoms with Crippen LogP contribution in [0.2, 0.25) is 0 Å². The van der Waals surface area contributed by atoms with Crippen molar-refractivity contribution in [3.63, 3.8) is 0 Å². The minimum Gasteiger partial charge on any atom is -0.478 e. The highest BCUT2D eigenvalue weighted by atomic mass is 32.1. The van der Waals surface area contributed by atoms with Crippen LogP contribution in [-0.2, 0) is 9.59 Å². The zero-order valence-electron chi connectivity index (χ0n) is 18.4. The normalized spacial score (nSPS) is 15.5. The minimum absolute atomic E-state index is 0.253. The Morgan fingerprint density at radius 1 is 1.06 bits per heavy atom. The third-order valence-electron chi connectivity index (χ3n) is 5.42. The number of nitrogens with one attached hydrogen (secondary N) is 1. The number of carboxylic acids is 2. The van der Waals surface area contributed by atoms with Gasteiger partial charge in [-0.2, -0.15) is 0 Å². The van der Waals surface area contributed by atoms with Crippen LogP contribution in [0.3, 0.4) is 0 Å². The van der Waals surface area contributed by atoms with Gasteiger partial charge in [-0.05, 0) is 31.3 Å². The number of nitrogens with zero attached hydrogens (tertiary/aromatic N) is 3. The van der Waals surface area contributed by atoms with Gasteiger partial charge in [0.2, 0.25) is 0 Å². The molecule has 0 bridgehead atoms. The lowest BCUT2D eigenvalue weighted by Gasteiger charge is -2.34. The summed E-state index contributed by atoms with van der Waals surface area (Å²) in [7, 11) is 2.15. The number of piperazine rings is 1. The second-order valence-corrected chi connectivity index (χ2v) is 8.88. The average Bonchev–Trinajstić information content (AvgIpc) is 3.08. The van der Waals surface area contributed by atoms with Crippen LogP contribution < -0.4 is 5.32 Å². The van der Waals surface area contributed by atoms with Gasteiger partial charge in [-0.25, -0.2) is 19.0 Å². The second kappa shape index (κ2) is 10.0. The number of anilines is 2. The number of rotatable bonds is 2. The molecule has 0 unspecified atom stereocenters. The third kappa shape index (κ3) is 5.24. The molecule has 5 rings (SSSR count). The van der Waals surface area contributed by atoms with Crippen LogP contribution in [0.5, 0.6) is 0 Å². The Labute approximate surface area is 199 Å². The first kappa shape index (κ1) is 23.4. The second-order valence-electron chi connectivity index (χ2n) is 7.82. The molecule has 2 aliphatic rings. The first-order valence-corrected chi connectivity index (χ1v) is 11.4. The fraction of sp³-hybridized carbons (Fsp3) is 0.208. The molecule has 0 saturated carbocycles. The lowest BCUT2D eigenvalue weighted by molar-refractivity contribution is -0.134. The Balaban J connectivity index is 0.000000297. The molecule has 10 heteroatoms. The van der Waals surface area contributed by atoms with Crippen molar-refractivity contribution in [2.45, 2.75) is 0 Å². The third-order valence-corrected chi connectivity index (χ3v) is 6.51. The number of amidine groups is 1. The van der Waals surface area contributed by atoms with Crippen LogP contribution in [0.1, 0.15) is 5.56 Å². The molecule has 2 aliphatic heterocycles. The topological polar surface area (TPSA) is 105 Å². The summed E-state index contributed by atoms with van der Waals surface area (Å²) in [6.45, 7) is 3.91. The molecule has 0 atom stereocenters. The van der Waals surface area contributed by atoms with Gasteiger partial charge in [0.25, 0.3) is 0 Å². The van der Waals surface area contributed by atoms with Gasteiger partial charge in [-0.15, -0.1) is 11.3 Å². The number of aliphatic imine (C=N–C) groups is 1. The zero-order valence-corrected chi connectivity index (χ0v) is 19.2. The Morgan fingerprint density at radius 2 is 1.74 bits per heavy atom. The summed E-state index contributed by atoms with van der Waals surface area (Å²) < 4.78 is 15.0. The van der Waals surface area contributed by atoms with E-state index in [-0.39, 0.29) is 5.82 Å². The molecule has 0 amide bonds. The van der Waals surface area contributed by atoms with E-state index in [1.54, 1.807) is 17.4 Å². The minimum atomic E-state index is -1.26. The van der Waals surface area contributed by atoms with Crippen molar-refractivity contribution in [3.8, 4) is 0 Å². The maximum atomic E-state index is 13.8. The maximum Gasteiger partial charge on any atom is 0.328 e. The molecule has 8 nitrogen and oxygen atoms in total. The number of aliphatic carboxylic acids is 2. The van der Waals surface area contributed by atoms with E-state index in [2.05, 4.69) is 46.4 Å². The Kier molecular flexibility index (Phi) is 6.90. The van der Waals surface area contributed by atoms with Crippen LogP contribution in [-0.4, -0.2) is 71.0 Å². The summed E-state index contributed by atoms with van der Waals surface area (Å²) in [6.07, 6.45) is 1.12. The van der Waals surface area contributed by atoms with Crippen molar-refractivity contribution in [2.75, 3.05) is 38.5 Å². The van der Waals surface area contributed by atoms with Gasteiger partial charge in [0.05, 0.1) is 16.9 Å². The molecule has 0 radical (unpaired) electrons. The van der Waals surface area contributed by atoms with Crippen LogP contribution in [0.4, 0.5) is 20.8 Å². The molecule has 3 N–H and O–H groups in total. The summed E-state index contributed by atoms with van der Waals surface area (Å²) in [5, 5.41) is 21.3. The highest BCUT2D eigenvalue weighted by Gasteiger charge is 2.27. The van der Waals surface area contributed by atoms with Crippen LogP contribution in [0.25, 0.3) is 10.1 Å². The highest BCUT2D eigenvalue weighted by Crippen LogP contribution is 2.43. The largest absolute Gasteiger partial charge is 0.478 e. The van der Waals surface area contributed by atoms with Crippen LogP contribution >= 0.6 is 11.3 Å². The molecular formula is C24H23FN4O4S. The van der Waals surface area contributed by atoms with E-state index in [1.165, 1.54) is 22.2 Å². The molecule has 3 aromatic rings. The number of benzene rings is 2. The summed E-state index contributed by atoms with van der Waals surface area (Å²) in [5.74, 6) is -1.78. The van der Waals surface area contributed by atoms with Gasteiger partial charge in [0.15, 0.2) is 0 Å². The summed E-state index contributed by atoms with van der Waals surface area (Å²) in [6, 6.07) is 13.2. The first-order chi connectivity index (χ1) is 16.3. The summed E-state index contributed by atoms with van der Waals surface area (Å²) >= 11 is 1.70. The smallest absolute Gasteiger partial charge is 0.328 e. The predicted octanol–water partition coefficient (Wildman–Crippen LogP) is 4.13. The van der Waals surface area contributed by atoms with Gasteiger partial charge >= 0.3 is 11.9 Å². The number of carbonyl (C=O) groups is 2. The quantitative estimate of drug-likeness (QED) is 0.472. The molecule has 34 heavy (non-hydrogen) atoms. The Morgan fingerprint density at radius 3 is 2.41 bits per heavy atom. The first-order valence-electron chi connectivity index (χ1n) is 10.6. The van der Waals surface area contributed by atoms with Crippen molar-refractivity contribution < 1.29 is 24.2 Å². The lowest BCUT2D eigenvalue weighted by atomic mass is 10.1. The Bertz CT molecular complexity index is 1280. The van der Waals surface area contributed by atoms with E-state index >= 15 is 0 Å². The van der Waals surface area contributed by atoms with E-state index in [0.29, 0.717) is 12.2 Å². The molecule has 176 valence electrons. The molecule has 1 fully saturated rings. The van der Waals surface area contributed by atoms with E-state index < -0.39 is 11.9 Å². The van der Waals surface area contributed by atoms with E-state index in [0.717, 1.165) is 54.0 Å². The SMILES string of the molecule is CN1CCN(C2=Nc3ccc(F)cc3Nc3sc4ccccc4c32)CC1.O=C(O)/C=C\C(=O)O. The van der Waals surface area contributed by atoms with Crippen molar-refractivity contribution in [1.29, 1.82) is 0 Å². The summed E-state index contributed by atoms with van der Waals surface area (Å²) in [4.78, 5) is 28.8. The van der Waals surface area contributed by atoms with Gasteiger partial charge in [-0.1, -0.05) is 18.2 Å². The molecule has 0 aliphatic carbocycles. The van der Waals surface area contributed by atoms with Gasteiger partial charge < -0.3 is 25.3 Å². The zero-order chi connectivity index (χ0) is 24.2. The number of hydrogen-bond acceptors (Lipinski definition) is 7. The van der Waals surface area contributed by atoms with Crippen molar-refractivity contribution in [3.05, 3.63) is 66.0 Å². The molecule has 3 heterocycles. The highest BCUT2D eigenvalue weighted by molar-refractivity contribution is 7.23. The van der Waals surface area contributed by atoms with Crippen molar-refractivity contribution >= 4 is 55.6 Å². The van der Waals surface area contributed by atoms with E-state index in [1.807, 2.05) is 0 Å². The van der Waals surface area contributed by atoms with Crippen LogP contribution in [0.15, 0.2) is 59.6 Å². The number of fused-ring (bicyclic) bond motifs is 4. The fourth-order valence-electron chi connectivity index (χ4n) is 3.74. The lowest BCUT2D eigenvalue weighted by Crippen LogP contribution is -2.47. The molecule has 0 spiro atoms. The number of carboxylic acid groups (broad SMARTS) is 2. The monoisotopic (exact) mass is 482 g/mol. The summed E-state index contributed by atoms with van der Waals surface area (Å²) in [5.41, 5.74) is 2.64. The molecule has 2 aromatic carbocycles. The molecule has 1 aromatic heterocycles. The van der Waals surface area contributed by atoms with Gasteiger partial charge in [-0.3, -0.25) is 0 Å². The maximum absolute atomic E-state index is 13.8. The number of thiophene rings is 1. The van der Waals surface area contributed by atoms with Crippen molar-refractivity contribution in [2.24, 2.45) is 4.99 Å². The fourth-order valence-corrected chi connectivity index (χ4v) is 4.85. The number of likely N-dealkylation sites (N-methyl/N-ethyl adjacent to an activating group) is 1. The molecule has 1 saturated heterocycles.